The number of nitrogens with zero attached hydrogens (tertiary/aromatic N) is 8. The highest BCUT2D eigenvalue weighted by atomic mass is 32.1. The molecule has 7 aromatic heterocycles. The van der Waals surface area contributed by atoms with E-state index in [1.807, 2.05) is 6.92 Å². The third-order valence-electron chi connectivity index (χ3n) is 15.7. The summed E-state index contributed by atoms with van der Waals surface area (Å²) in [5.74, 6) is -5.22. The number of aliphatic carboxylic acids is 1. The van der Waals surface area contributed by atoms with Crippen LogP contribution < -0.4 is 27.0 Å². The number of rotatable bonds is 10. The van der Waals surface area contributed by atoms with Gasteiger partial charge in [0.1, 0.15) is 100 Å². The molecule has 1 saturated heterocycles. The van der Waals surface area contributed by atoms with Gasteiger partial charge in [-0.3, -0.25) is 34.1 Å². The number of phenols is 1. The number of anilines is 1. The quantitative estimate of drug-likeness (QED) is 0.0619. The highest BCUT2D eigenvalue weighted by molar-refractivity contribution is 7.15. The van der Waals surface area contributed by atoms with Crippen LogP contribution in [0.15, 0.2) is 93.6 Å². The van der Waals surface area contributed by atoms with Crippen molar-refractivity contribution in [1.29, 1.82) is 0 Å². The number of amides is 6. The van der Waals surface area contributed by atoms with Gasteiger partial charge >= 0.3 is 12.1 Å². The molecular weight excluding hydrogens is 1290 g/mol. The van der Waals surface area contributed by atoms with E-state index >= 15 is 4.79 Å². The second kappa shape index (κ2) is 26.6. The predicted molar refractivity (Wildman–Crippen MR) is 339 cm³/mol. The summed E-state index contributed by atoms with van der Waals surface area (Å²) in [4.78, 5) is 131. The summed E-state index contributed by atoms with van der Waals surface area (Å²) in [6.07, 6.45) is -2.42. The van der Waals surface area contributed by atoms with Crippen molar-refractivity contribution < 1.29 is 58.7 Å². The van der Waals surface area contributed by atoms with E-state index in [1.165, 1.54) is 61.8 Å². The van der Waals surface area contributed by atoms with Crippen molar-refractivity contribution in [2.75, 3.05) is 11.9 Å². The predicted octanol–water partition coefficient (Wildman–Crippen LogP) is 8.48. The maximum Gasteiger partial charge on any atom is 0.413 e. The molecule has 3 aliphatic rings. The van der Waals surface area contributed by atoms with Crippen LogP contribution in [0, 0.1) is 18.8 Å². The molecule has 2 aromatic carbocycles. The SMILES string of the molecule is Cc1sc2nc1C(=O)N[C@@H]([C@H](O)c1ccccc1)c1nc(cs1)C(=O)N[C@@H](Cc1ccc(O)cc1)C(=O)N1C[C@H](O)[C@H](C)[C@H]1c1nc(cs1)-c1nc(cs1)-c1nc(-c3nc(NC(=O)O[C@H]4CC[C@H](C(=O)O)CC4)cs3)ccc1-c1nc(cs1)C(=O)N[C@H]2CC(N)=O. The fraction of sp³-hybridized carbons (Fsp3) is 0.300. The number of thiazole rings is 6. The number of aromatic nitrogens is 7. The molecule has 0 spiro atoms. The van der Waals surface area contributed by atoms with Crippen LogP contribution in [0.25, 0.3) is 43.4 Å². The van der Waals surface area contributed by atoms with E-state index in [9.17, 15) is 49.2 Å². The van der Waals surface area contributed by atoms with Crippen molar-refractivity contribution in [2.24, 2.45) is 17.6 Å². The van der Waals surface area contributed by atoms with Crippen LogP contribution in [0.4, 0.5) is 10.6 Å². The standard InChI is InChI=1S/C60H55N13O12S6/c1-26-41(75)20-73-47(26)57-68-40(24-89-57)54-65-37(21-87-54)45-33(16-17-34(62-45)53-69-43(25-90-53)70-60(84)85-32-14-10-30(11-15-32)59(82)83)52-66-38(22-86-52)49(78)63-35(19-42(61)76)55-72-44(27(2)91-55)51(80)71-46(48(77)29-6-4-3-5-7-29)56-67-39(23-88-56)50(79)64-36(58(73)81)18-28-8-12-31(74)13-9-28/h3-9,12-13,16-17,21-26,30,32,35-36,41,46-48,74-75,77H,10-11,14-15,18-20H2,1-2H3,(H2,61,76)(H,63,78)(H,64,79)(H,70,84)(H,71,80)(H,82,83)/t26-,30-,32-,35-,36-,41-,46-,47-,48+/m0/s1. The second-order valence-corrected chi connectivity index (χ2v) is 27.5. The lowest BCUT2D eigenvalue weighted by atomic mass is 9.87. The molecule has 468 valence electrons. The minimum atomic E-state index is -1.42. The van der Waals surface area contributed by atoms with E-state index < -0.39 is 102 Å². The molecule has 1 saturated carbocycles. The third-order valence-corrected chi connectivity index (χ3v) is 21.3. The van der Waals surface area contributed by atoms with Crippen molar-refractivity contribution in [1.82, 2.24) is 55.7 Å². The van der Waals surface area contributed by atoms with Gasteiger partial charge in [0, 0.05) is 56.2 Å². The summed E-state index contributed by atoms with van der Waals surface area (Å²) >= 11 is 6.87. The zero-order valence-electron chi connectivity index (χ0n) is 48.0. The average Bonchev–Trinajstić information content (AvgIpc) is 1.73. The summed E-state index contributed by atoms with van der Waals surface area (Å²) in [5.41, 5.74) is 8.51. The number of hydrogen-bond donors (Lipinski definition) is 9. The Bertz CT molecular complexity index is 4230. The monoisotopic (exact) mass is 1340 g/mol. The summed E-state index contributed by atoms with van der Waals surface area (Å²) in [5, 5.41) is 64.5. The lowest BCUT2D eigenvalue weighted by Gasteiger charge is -2.29. The summed E-state index contributed by atoms with van der Waals surface area (Å²) in [6, 6.07) is 13.7. The summed E-state index contributed by atoms with van der Waals surface area (Å²) in [7, 11) is 0. The van der Waals surface area contributed by atoms with Crippen LogP contribution in [-0.2, 0) is 25.5 Å². The highest BCUT2D eigenvalue weighted by Crippen LogP contribution is 2.43. The molecule has 9 aromatic rings. The first kappa shape index (κ1) is 62.4. The van der Waals surface area contributed by atoms with Gasteiger partial charge in [-0.1, -0.05) is 49.4 Å². The summed E-state index contributed by atoms with van der Waals surface area (Å²) < 4.78 is 5.62. The molecule has 2 aliphatic heterocycles. The van der Waals surface area contributed by atoms with Gasteiger partial charge in [-0.25, -0.2) is 39.7 Å². The van der Waals surface area contributed by atoms with E-state index in [0.29, 0.717) is 90.1 Å². The number of carbonyl (C=O) groups is 7. The molecule has 25 nitrogen and oxygen atoms in total. The first-order chi connectivity index (χ1) is 43.8. The minimum Gasteiger partial charge on any atom is -0.508 e. The maximum absolute atomic E-state index is 15.2. The molecule has 9 heterocycles. The van der Waals surface area contributed by atoms with E-state index in [0.717, 1.165) is 34.0 Å². The Kier molecular flexibility index (Phi) is 18.2. The normalized spacial score (nSPS) is 21.6. The van der Waals surface area contributed by atoms with Gasteiger partial charge in [-0.2, -0.15) is 0 Å². The minimum absolute atomic E-state index is 0.00996. The number of carboxylic acid groups (broad SMARTS) is 1. The van der Waals surface area contributed by atoms with E-state index in [1.54, 1.807) is 77.7 Å². The molecule has 31 heteroatoms. The van der Waals surface area contributed by atoms with Crippen LogP contribution in [0.3, 0.4) is 0 Å². The smallest absolute Gasteiger partial charge is 0.413 e. The van der Waals surface area contributed by atoms with Gasteiger partial charge < -0.3 is 51.7 Å². The number of fused-ring (bicyclic) bond motifs is 16. The number of pyridine rings is 1. The maximum atomic E-state index is 15.2. The largest absolute Gasteiger partial charge is 0.508 e. The zero-order valence-corrected chi connectivity index (χ0v) is 52.9. The number of aryl methyl sites for hydroxylation is 1. The molecular formula is C60H55N13O12S6. The van der Waals surface area contributed by atoms with Crippen LogP contribution >= 0.6 is 68.0 Å². The Labute approximate surface area is 541 Å². The van der Waals surface area contributed by atoms with E-state index in [-0.39, 0.29) is 51.6 Å². The van der Waals surface area contributed by atoms with Gasteiger partial charge in [-0.15, -0.1) is 68.0 Å². The Morgan fingerprint density at radius 2 is 1.34 bits per heavy atom. The Morgan fingerprint density at radius 3 is 2.09 bits per heavy atom. The van der Waals surface area contributed by atoms with Crippen LogP contribution in [0.2, 0.25) is 0 Å². The summed E-state index contributed by atoms with van der Waals surface area (Å²) in [6.45, 7) is 3.34. The number of aliphatic hydroxyl groups excluding tert-OH is 2. The molecule has 12 rings (SSSR count). The fourth-order valence-corrected chi connectivity index (χ4v) is 16.2. The van der Waals surface area contributed by atoms with Crippen molar-refractivity contribution in [3.8, 4) is 49.1 Å². The van der Waals surface area contributed by atoms with Crippen molar-refractivity contribution in [3.63, 3.8) is 0 Å². The van der Waals surface area contributed by atoms with Crippen molar-refractivity contribution >= 4 is 115 Å². The molecule has 1 aliphatic carbocycles. The number of ether oxygens (including phenoxy) is 1. The van der Waals surface area contributed by atoms with Crippen LogP contribution in [-0.4, -0.2) is 127 Å². The zero-order chi connectivity index (χ0) is 63.8. The number of phenolic OH excluding ortho intramolecular Hbond substituents is 1. The number of carboxylic acids is 1. The number of aliphatic hydroxyl groups is 2. The second-order valence-electron chi connectivity index (χ2n) is 21.9. The highest BCUT2D eigenvalue weighted by Gasteiger charge is 2.46. The number of aromatic hydroxyl groups is 1. The number of hydrogen-bond acceptors (Lipinski definition) is 24. The number of nitrogens with one attached hydrogen (secondary N) is 4. The fourth-order valence-electron chi connectivity index (χ4n) is 11.0. The van der Waals surface area contributed by atoms with Crippen molar-refractivity contribution in [3.05, 3.63) is 142 Å². The first-order valence-electron chi connectivity index (χ1n) is 28.5. The number of benzene rings is 2. The van der Waals surface area contributed by atoms with E-state index in [2.05, 4.69) is 36.2 Å². The lowest BCUT2D eigenvalue weighted by molar-refractivity contribution is -0.143. The molecule has 10 N–H and O–H groups in total. The van der Waals surface area contributed by atoms with Gasteiger partial charge in [0.05, 0.1) is 36.2 Å². The van der Waals surface area contributed by atoms with E-state index in [4.69, 9.17) is 30.4 Å². The van der Waals surface area contributed by atoms with Gasteiger partial charge in [0.15, 0.2) is 0 Å². The molecule has 0 radical (unpaired) electrons. The first-order valence-corrected chi connectivity index (χ1v) is 33.7. The lowest BCUT2D eigenvalue weighted by Crippen LogP contribution is -2.50. The number of nitrogens with two attached hydrogens (primary N) is 1. The van der Waals surface area contributed by atoms with Crippen LogP contribution in [0.5, 0.6) is 5.75 Å². The Balaban J connectivity index is 0.919. The van der Waals surface area contributed by atoms with Crippen molar-refractivity contribution in [2.45, 2.75) is 94.9 Å². The molecule has 10 bridgehead atoms. The third kappa shape index (κ3) is 13.6. The molecule has 91 heavy (non-hydrogen) atoms. The average molecular weight is 1340 g/mol. The topological polar surface area (TPSA) is 377 Å². The van der Waals surface area contributed by atoms with Gasteiger partial charge in [-0.05, 0) is 68.0 Å². The number of primary amides is 1. The van der Waals surface area contributed by atoms with Gasteiger partial charge in [0.2, 0.25) is 11.8 Å². The molecule has 7 atom stereocenters. The Morgan fingerprint density at radius 1 is 0.692 bits per heavy atom. The van der Waals surface area contributed by atoms with Crippen LogP contribution in [0.1, 0.15) is 126 Å². The molecule has 6 amide bonds. The van der Waals surface area contributed by atoms with Gasteiger partial charge in [0.25, 0.3) is 17.7 Å². The number of carbonyl (C=O) groups excluding carboxylic acids is 6. The molecule has 0 unspecified atom stereocenters. The molecule has 2 fully saturated rings. The Hall–Kier alpha value is -8.82.